The maximum absolute atomic E-state index is 10.7. The number of primary sulfonamides is 1. The van der Waals surface area contributed by atoms with Gasteiger partial charge in [0.05, 0.1) is 5.75 Å². The van der Waals surface area contributed by atoms with Gasteiger partial charge < -0.3 is 0 Å². The van der Waals surface area contributed by atoms with Crippen molar-refractivity contribution in [2.24, 2.45) is 10.6 Å². The zero-order valence-electron chi connectivity index (χ0n) is 9.41. The molecule has 0 aromatic heterocycles. The summed E-state index contributed by atoms with van der Waals surface area (Å²) in [5, 5.41) is 4.91. The maximum Gasteiger partial charge on any atom is 0.209 e. The number of nitrogens with two attached hydrogens (primary N) is 1. The van der Waals surface area contributed by atoms with Crippen LogP contribution in [0.25, 0.3) is 0 Å². The van der Waals surface area contributed by atoms with E-state index in [2.05, 4.69) is 20.8 Å². The molecule has 0 rings (SSSR count). The van der Waals surface area contributed by atoms with Crippen molar-refractivity contribution in [3.8, 4) is 0 Å². The number of sulfonamides is 1. The van der Waals surface area contributed by atoms with Gasteiger partial charge in [-0.15, -0.1) is 0 Å². The lowest BCUT2D eigenvalue weighted by atomic mass is 9.83. The van der Waals surface area contributed by atoms with Crippen molar-refractivity contribution in [1.29, 1.82) is 0 Å². The van der Waals surface area contributed by atoms with Gasteiger partial charge in [0, 0.05) is 0 Å². The lowest BCUT2D eigenvalue weighted by Crippen LogP contribution is -2.19. The standard InChI is InChI=1S/C10H22NO2S/c1-4-5-7-10(2,3)8-6-9-14(11,12)13/h6H,4-5,7-9H2,1-3H3,(H2,11,12,13). The minimum absolute atomic E-state index is 0.0114. The van der Waals surface area contributed by atoms with E-state index in [1.807, 2.05) is 0 Å². The van der Waals surface area contributed by atoms with Crippen LogP contribution < -0.4 is 5.14 Å². The first-order valence-electron chi connectivity index (χ1n) is 5.09. The molecule has 14 heavy (non-hydrogen) atoms. The van der Waals surface area contributed by atoms with E-state index in [1.165, 1.54) is 12.8 Å². The van der Waals surface area contributed by atoms with E-state index in [-0.39, 0.29) is 11.2 Å². The summed E-state index contributed by atoms with van der Waals surface area (Å²) in [6.45, 7) is 6.47. The monoisotopic (exact) mass is 220 g/mol. The molecular formula is C10H22NO2S. The van der Waals surface area contributed by atoms with E-state index in [4.69, 9.17) is 5.14 Å². The summed E-state index contributed by atoms with van der Waals surface area (Å²) in [6.07, 6.45) is 6.08. The third kappa shape index (κ3) is 8.51. The Morgan fingerprint density at radius 1 is 1.36 bits per heavy atom. The molecule has 0 saturated carbocycles. The van der Waals surface area contributed by atoms with Crippen molar-refractivity contribution in [2.75, 3.05) is 5.75 Å². The molecule has 0 atom stereocenters. The van der Waals surface area contributed by atoms with E-state index in [9.17, 15) is 8.42 Å². The molecule has 0 spiro atoms. The first kappa shape index (κ1) is 13.9. The predicted molar refractivity (Wildman–Crippen MR) is 60.2 cm³/mol. The minimum atomic E-state index is -3.32. The average molecular weight is 220 g/mol. The van der Waals surface area contributed by atoms with Crippen molar-refractivity contribution >= 4 is 10.0 Å². The highest BCUT2D eigenvalue weighted by atomic mass is 32.2. The second-order valence-electron chi connectivity index (χ2n) is 4.59. The molecule has 0 bridgehead atoms. The Bertz CT molecular complexity index is 245. The van der Waals surface area contributed by atoms with E-state index >= 15 is 0 Å². The Hall–Kier alpha value is -0.0900. The van der Waals surface area contributed by atoms with Gasteiger partial charge in [-0.3, -0.25) is 0 Å². The van der Waals surface area contributed by atoms with Gasteiger partial charge in [-0.1, -0.05) is 33.6 Å². The van der Waals surface area contributed by atoms with Crippen LogP contribution in [0.15, 0.2) is 0 Å². The molecule has 0 amide bonds. The Balaban J connectivity index is 3.76. The fourth-order valence-corrected chi connectivity index (χ4v) is 1.82. The topological polar surface area (TPSA) is 60.2 Å². The van der Waals surface area contributed by atoms with Crippen LogP contribution in [0.5, 0.6) is 0 Å². The zero-order chi connectivity index (χ0) is 11.2. The molecule has 0 unspecified atom stereocenters. The van der Waals surface area contributed by atoms with Crippen LogP contribution in [0.4, 0.5) is 0 Å². The second kappa shape index (κ2) is 5.71. The molecule has 0 aliphatic heterocycles. The molecule has 0 aromatic rings. The quantitative estimate of drug-likeness (QED) is 0.714. The highest BCUT2D eigenvalue weighted by Crippen LogP contribution is 2.28. The van der Waals surface area contributed by atoms with Crippen molar-refractivity contribution in [3.63, 3.8) is 0 Å². The van der Waals surface area contributed by atoms with Crippen molar-refractivity contribution in [3.05, 3.63) is 6.42 Å². The van der Waals surface area contributed by atoms with Gasteiger partial charge in [0.25, 0.3) is 0 Å². The van der Waals surface area contributed by atoms with Crippen molar-refractivity contribution < 1.29 is 8.42 Å². The lowest BCUT2D eigenvalue weighted by Gasteiger charge is -2.23. The minimum Gasteiger partial charge on any atom is -0.229 e. The molecule has 0 saturated heterocycles. The Morgan fingerprint density at radius 2 is 1.93 bits per heavy atom. The van der Waals surface area contributed by atoms with Gasteiger partial charge in [0.1, 0.15) is 0 Å². The normalized spacial score (nSPS) is 13.1. The number of unbranched alkanes of at least 4 members (excludes halogenated alkanes) is 1. The summed E-state index contributed by atoms with van der Waals surface area (Å²) >= 11 is 0. The van der Waals surface area contributed by atoms with Gasteiger partial charge in [-0.05, 0) is 24.7 Å². The molecule has 4 heteroatoms. The highest BCUT2D eigenvalue weighted by Gasteiger charge is 2.17. The van der Waals surface area contributed by atoms with E-state index in [1.54, 1.807) is 6.42 Å². The first-order chi connectivity index (χ1) is 6.27. The first-order valence-corrected chi connectivity index (χ1v) is 6.80. The number of hydrogen-bond acceptors (Lipinski definition) is 2. The molecule has 0 fully saturated rings. The van der Waals surface area contributed by atoms with Crippen LogP contribution in [0, 0.1) is 11.8 Å². The molecule has 2 N–H and O–H groups in total. The molecule has 0 aromatic carbocycles. The van der Waals surface area contributed by atoms with Gasteiger partial charge in [0.2, 0.25) is 10.0 Å². The zero-order valence-corrected chi connectivity index (χ0v) is 10.2. The smallest absolute Gasteiger partial charge is 0.209 e. The molecular weight excluding hydrogens is 198 g/mol. The molecule has 85 valence electrons. The molecule has 0 heterocycles. The molecule has 3 nitrogen and oxygen atoms in total. The molecule has 1 radical (unpaired) electrons. The van der Waals surface area contributed by atoms with Crippen molar-refractivity contribution in [2.45, 2.75) is 46.5 Å². The third-order valence-electron chi connectivity index (χ3n) is 2.25. The summed E-state index contributed by atoms with van der Waals surface area (Å²) in [7, 11) is -3.32. The maximum atomic E-state index is 10.7. The van der Waals surface area contributed by atoms with E-state index in [0.29, 0.717) is 0 Å². The summed E-state index contributed by atoms with van der Waals surface area (Å²) in [4.78, 5) is 0. The highest BCUT2D eigenvalue weighted by molar-refractivity contribution is 7.89. The van der Waals surface area contributed by atoms with Crippen LogP contribution in [0.3, 0.4) is 0 Å². The van der Waals surface area contributed by atoms with Gasteiger partial charge >= 0.3 is 0 Å². The van der Waals surface area contributed by atoms with Crippen molar-refractivity contribution in [1.82, 2.24) is 0 Å². The lowest BCUT2D eigenvalue weighted by molar-refractivity contribution is 0.319. The van der Waals surface area contributed by atoms with Crippen LogP contribution in [0.2, 0.25) is 0 Å². The largest absolute Gasteiger partial charge is 0.229 e. The van der Waals surface area contributed by atoms with Gasteiger partial charge in [0.15, 0.2) is 0 Å². The summed E-state index contributed by atoms with van der Waals surface area (Å²) in [6, 6.07) is 0. The summed E-state index contributed by atoms with van der Waals surface area (Å²) in [5.74, 6) is -0.0114. The Morgan fingerprint density at radius 3 is 2.36 bits per heavy atom. The summed E-state index contributed by atoms with van der Waals surface area (Å²) < 4.78 is 21.4. The Kier molecular flexibility index (Phi) is 5.67. The predicted octanol–water partition coefficient (Wildman–Crippen LogP) is 2.09. The molecule has 0 aliphatic rings. The van der Waals surface area contributed by atoms with Gasteiger partial charge in [-0.2, -0.15) is 0 Å². The van der Waals surface area contributed by atoms with E-state index < -0.39 is 10.0 Å². The van der Waals surface area contributed by atoms with Crippen LogP contribution in [0.1, 0.15) is 46.5 Å². The molecule has 0 aliphatic carbocycles. The second-order valence-corrected chi connectivity index (χ2v) is 6.25. The van der Waals surface area contributed by atoms with Crippen LogP contribution in [-0.2, 0) is 10.0 Å². The van der Waals surface area contributed by atoms with Crippen LogP contribution in [-0.4, -0.2) is 14.2 Å². The van der Waals surface area contributed by atoms with Gasteiger partial charge in [-0.25, -0.2) is 13.6 Å². The number of hydrogen-bond donors (Lipinski definition) is 1. The Labute approximate surface area is 88.1 Å². The third-order valence-corrected chi connectivity index (χ3v) is 2.95. The summed E-state index contributed by atoms with van der Waals surface area (Å²) in [5.41, 5.74) is 0.195. The average Bonchev–Trinajstić information content (AvgIpc) is 1.98. The van der Waals surface area contributed by atoms with Crippen LogP contribution >= 0.6 is 0 Å². The number of rotatable bonds is 7. The fourth-order valence-electron chi connectivity index (χ4n) is 1.37. The van der Waals surface area contributed by atoms with E-state index in [0.717, 1.165) is 12.8 Å². The SMILES string of the molecule is CCCCC(C)(C)C[CH]CS(N)(=O)=O. The fraction of sp³-hybridized carbons (Fsp3) is 0.900.